The Morgan fingerprint density at radius 3 is 2.80 bits per heavy atom. The van der Waals surface area contributed by atoms with E-state index in [4.69, 9.17) is 4.74 Å². The van der Waals surface area contributed by atoms with Crippen molar-refractivity contribution in [1.82, 2.24) is 10.3 Å². The van der Waals surface area contributed by atoms with E-state index in [9.17, 15) is 4.79 Å². The van der Waals surface area contributed by atoms with Crippen molar-refractivity contribution >= 4 is 11.7 Å². The van der Waals surface area contributed by atoms with Crippen LogP contribution in [0.25, 0.3) is 5.57 Å². The molecule has 0 spiro atoms. The quantitative estimate of drug-likeness (QED) is 0.668. The maximum Gasteiger partial charge on any atom is 0.407 e. The summed E-state index contributed by atoms with van der Waals surface area (Å²) in [6.45, 7) is 5.11. The lowest BCUT2D eigenvalue weighted by atomic mass is 9.44. The molecule has 1 N–H and O–H groups in total. The van der Waals surface area contributed by atoms with Crippen molar-refractivity contribution in [2.45, 2.75) is 71.3 Å². The number of alkyl carbamates (subject to hydrolysis) is 1. The molecule has 30 heavy (non-hydrogen) atoms. The third kappa shape index (κ3) is 3.01. The van der Waals surface area contributed by atoms with Gasteiger partial charge in [-0.05, 0) is 103 Å². The van der Waals surface area contributed by atoms with Crippen LogP contribution in [0.3, 0.4) is 0 Å². The van der Waals surface area contributed by atoms with Gasteiger partial charge >= 0.3 is 6.09 Å². The van der Waals surface area contributed by atoms with Crippen LogP contribution in [0.15, 0.2) is 30.6 Å². The van der Waals surface area contributed by atoms with Gasteiger partial charge in [-0.25, -0.2) is 4.79 Å². The van der Waals surface area contributed by atoms with Crippen molar-refractivity contribution in [2.24, 2.45) is 34.5 Å². The Balaban J connectivity index is 1.34. The lowest BCUT2D eigenvalue weighted by Crippen LogP contribution is -2.55. The predicted molar refractivity (Wildman–Crippen MR) is 119 cm³/mol. The van der Waals surface area contributed by atoms with Crippen LogP contribution >= 0.6 is 0 Å². The molecule has 1 amide bonds. The zero-order valence-corrected chi connectivity index (χ0v) is 18.7. The first kappa shape index (κ1) is 20.1. The summed E-state index contributed by atoms with van der Waals surface area (Å²) in [4.78, 5) is 16.1. The van der Waals surface area contributed by atoms with Gasteiger partial charge in [0.05, 0.1) is 7.11 Å². The molecule has 0 aliphatic heterocycles. The summed E-state index contributed by atoms with van der Waals surface area (Å²) in [5.74, 6) is 3.16. The van der Waals surface area contributed by atoms with Gasteiger partial charge in [0.2, 0.25) is 0 Å². The minimum Gasteiger partial charge on any atom is -0.453 e. The second kappa shape index (κ2) is 7.39. The molecule has 7 atom stereocenters. The number of amides is 1. The summed E-state index contributed by atoms with van der Waals surface area (Å²) in [5, 5.41) is 3.08. The first-order valence-corrected chi connectivity index (χ1v) is 11.9. The highest BCUT2D eigenvalue weighted by Crippen LogP contribution is 2.67. The maximum atomic E-state index is 11.7. The number of hydrogen-bond acceptors (Lipinski definition) is 3. The molecule has 5 rings (SSSR count). The number of fused-ring (bicyclic) bond motifs is 5. The molecule has 4 aliphatic carbocycles. The number of hydrogen-bond donors (Lipinski definition) is 1. The molecule has 4 heteroatoms. The van der Waals surface area contributed by atoms with Crippen molar-refractivity contribution in [3.8, 4) is 0 Å². The molecule has 0 aromatic carbocycles. The second-order valence-electron chi connectivity index (χ2n) is 10.8. The number of aromatic nitrogens is 1. The number of ether oxygens (including phenoxy) is 1. The molecule has 0 bridgehead atoms. The highest BCUT2D eigenvalue weighted by Gasteiger charge is 2.58. The van der Waals surface area contributed by atoms with Gasteiger partial charge in [0, 0.05) is 18.4 Å². The molecular formula is C26H36N2O2. The molecule has 4 aliphatic rings. The van der Waals surface area contributed by atoms with Crippen molar-refractivity contribution in [1.29, 1.82) is 0 Å². The summed E-state index contributed by atoms with van der Waals surface area (Å²) < 4.78 is 4.84. The summed E-state index contributed by atoms with van der Waals surface area (Å²) in [7, 11) is 1.46. The van der Waals surface area contributed by atoms with Crippen molar-refractivity contribution < 1.29 is 9.53 Å². The highest BCUT2D eigenvalue weighted by atomic mass is 16.5. The van der Waals surface area contributed by atoms with Crippen LogP contribution in [0.4, 0.5) is 4.79 Å². The van der Waals surface area contributed by atoms with Crippen LogP contribution in [-0.2, 0) is 4.74 Å². The Hall–Kier alpha value is -1.84. The van der Waals surface area contributed by atoms with E-state index >= 15 is 0 Å². The van der Waals surface area contributed by atoms with Gasteiger partial charge in [-0.2, -0.15) is 0 Å². The van der Waals surface area contributed by atoms with Crippen LogP contribution in [0, 0.1) is 34.5 Å². The Labute approximate surface area is 180 Å². The zero-order valence-electron chi connectivity index (χ0n) is 18.7. The Morgan fingerprint density at radius 1 is 1.17 bits per heavy atom. The minimum absolute atomic E-state index is 0.273. The standard InChI is InChI=1S/C26H36N2O2/c1-25-12-10-19(28-24(29)30-3)15-18(25)6-7-20-22-9-8-21(17-5-4-14-27-16-17)26(22,2)13-11-23(20)25/h4-5,8,14,16,18-20,22-23H,6-7,9-13,15H2,1-3H3,(H,28,29)/t18?,19-,20?,22?,23?,25+,26-/m1/s1. The van der Waals surface area contributed by atoms with Gasteiger partial charge in [-0.1, -0.05) is 26.0 Å². The fourth-order valence-electron chi connectivity index (χ4n) is 8.15. The lowest BCUT2D eigenvalue weighted by molar-refractivity contribution is -0.0996. The third-order valence-corrected chi connectivity index (χ3v) is 9.73. The Kier molecular flexibility index (Phi) is 4.95. The predicted octanol–water partition coefficient (Wildman–Crippen LogP) is 5.84. The average molecular weight is 409 g/mol. The van der Waals surface area contributed by atoms with E-state index in [-0.39, 0.29) is 12.1 Å². The van der Waals surface area contributed by atoms with Crippen molar-refractivity contribution in [3.05, 3.63) is 36.2 Å². The first-order valence-electron chi connectivity index (χ1n) is 11.9. The van der Waals surface area contributed by atoms with Crippen LogP contribution in [0.5, 0.6) is 0 Å². The molecule has 1 aromatic rings. The van der Waals surface area contributed by atoms with E-state index in [0.29, 0.717) is 10.8 Å². The fourth-order valence-corrected chi connectivity index (χ4v) is 8.15. The molecule has 1 aromatic heterocycles. The number of carbonyl (C=O) groups is 1. The van der Waals surface area contributed by atoms with Crippen LogP contribution < -0.4 is 5.32 Å². The Morgan fingerprint density at radius 2 is 2.03 bits per heavy atom. The molecular weight excluding hydrogens is 372 g/mol. The summed E-state index contributed by atoms with van der Waals surface area (Å²) in [6.07, 6.45) is 16.2. The maximum absolute atomic E-state index is 11.7. The van der Waals surface area contributed by atoms with E-state index in [1.807, 2.05) is 6.20 Å². The molecule has 3 fully saturated rings. The van der Waals surface area contributed by atoms with Gasteiger partial charge in [0.1, 0.15) is 0 Å². The lowest BCUT2D eigenvalue weighted by Gasteiger charge is -2.61. The molecule has 4 nitrogen and oxygen atoms in total. The third-order valence-electron chi connectivity index (χ3n) is 9.73. The van der Waals surface area contributed by atoms with Crippen LogP contribution in [0.2, 0.25) is 0 Å². The molecule has 4 unspecified atom stereocenters. The zero-order chi connectivity index (χ0) is 20.9. The Bertz CT molecular complexity index is 837. The molecule has 162 valence electrons. The number of nitrogens with zero attached hydrogens (tertiary/aromatic N) is 1. The number of methoxy groups -OCH3 is 1. The number of nitrogens with one attached hydrogen (secondary N) is 1. The van der Waals surface area contributed by atoms with Gasteiger partial charge in [0.15, 0.2) is 0 Å². The molecule has 0 saturated heterocycles. The van der Waals surface area contributed by atoms with Crippen molar-refractivity contribution in [2.75, 3.05) is 7.11 Å². The first-order chi connectivity index (χ1) is 14.5. The number of rotatable bonds is 2. The fraction of sp³-hybridized carbons (Fsp3) is 0.692. The topological polar surface area (TPSA) is 51.2 Å². The van der Waals surface area contributed by atoms with Crippen LogP contribution in [-0.4, -0.2) is 24.2 Å². The van der Waals surface area contributed by atoms with Gasteiger partial charge in [0.25, 0.3) is 0 Å². The average Bonchev–Trinajstić information content (AvgIpc) is 3.11. The number of allylic oxidation sites excluding steroid dienone is 2. The van der Waals surface area contributed by atoms with Gasteiger partial charge in [-0.3, -0.25) is 4.98 Å². The molecule has 3 saturated carbocycles. The SMILES string of the molecule is COC(=O)N[C@@H]1CC[C@@]2(C)C(CCC3C2CC[C@]2(C)C(c4cccnc4)=CCC32)C1. The molecule has 0 radical (unpaired) electrons. The second-order valence-corrected chi connectivity index (χ2v) is 10.8. The number of carbonyl (C=O) groups excluding carboxylic acids is 1. The summed E-state index contributed by atoms with van der Waals surface area (Å²) in [5.41, 5.74) is 3.61. The van der Waals surface area contributed by atoms with E-state index < -0.39 is 0 Å². The molecule has 1 heterocycles. The number of pyridine rings is 1. The van der Waals surface area contributed by atoms with E-state index in [1.165, 1.54) is 51.2 Å². The van der Waals surface area contributed by atoms with Crippen LogP contribution in [0.1, 0.15) is 70.8 Å². The monoisotopic (exact) mass is 408 g/mol. The normalized spacial score (nSPS) is 42.4. The van der Waals surface area contributed by atoms with Gasteiger partial charge < -0.3 is 10.1 Å². The largest absolute Gasteiger partial charge is 0.453 e. The van der Waals surface area contributed by atoms with E-state index in [1.54, 1.807) is 5.57 Å². The van der Waals surface area contributed by atoms with Crippen molar-refractivity contribution in [3.63, 3.8) is 0 Å². The highest BCUT2D eigenvalue weighted by molar-refractivity contribution is 5.72. The summed E-state index contributed by atoms with van der Waals surface area (Å²) >= 11 is 0. The smallest absolute Gasteiger partial charge is 0.407 e. The van der Waals surface area contributed by atoms with E-state index in [2.05, 4.69) is 48.6 Å². The van der Waals surface area contributed by atoms with E-state index in [0.717, 1.165) is 36.5 Å². The van der Waals surface area contributed by atoms with Gasteiger partial charge in [-0.15, -0.1) is 0 Å². The summed E-state index contributed by atoms with van der Waals surface area (Å²) in [6, 6.07) is 4.60. The minimum atomic E-state index is -0.273.